The lowest BCUT2D eigenvalue weighted by Crippen LogP contribution is -2.60. The van der Waals surface area contributed by atoms with Crippen LogP contribution in [0.25, 0.3) is 0 Å². The van der Waals surface area contributed by atoms with Gasteiger partial charge in [-0.3, -0.25) is 9.59 Å². The van der Waals surface area contributed by atoms with Crippen LogP contribution in [0.15, 0.2) is 30.3 Å². The van der Waals surface area contributed by atoms with Crippen molar-refractivity contribution in [2.75, 3.05) is 25.0 Å². The molecule has 1 aliphatic heterocycles. The van der Waals surface area contributed by atoms with E-state index >= 15 is 0 Å². The van der Waals surface area contributed by atoms with E-state index in [1.54, 1.807) is 4.90 Å². The van der Waals surface area contributed by atoms with E-state index in [-0.39, 0.29) is 35.6 Å². The van der Waals surface area contributed by atoms with Crippen LogP contribution in [-0.4, -0.2) is 71.0 Å². The van der Waals surface area contributed by atoms with Gasteiger partial charge in [-0.1, -0.05) is 60.1 Å². The Balaban J connectivity index is 2.15. The fourth-order valence-corrected chi connectivity index (χ4v) is 3.74. The summed E-state index contributed by atoms with van der Waals surface area (Å²) in [6.07, 6.45) is 0.186. The molecule has 0 radical (unpaired) electrons. The second kappa shape index (κ2) is 11.9. The van der Waals surface area contributed by atoms with Crippen molar-refractivity contribution in [2.24, 2.45) is 5.92 Å². The fourth-order valence-electron chi connectivity index (χ4n) is 3.54. The predicted octanol–water partition coefficient (Wildman–Crippen LogP) is 1.03. The predicted molar refractivity (Wildman–Crippen MR) is 118 cm³/mol. The first-order valence-corrected chi connectivity index (χ1v) is 11.3. The molecule has 8 nitrogen and oxygen atoms in total. The second-order valence-corrected chi connectivity index (χ2v) is 8.34. The molecule has 30 heavy (non-hydrogen) atoms. The number of alkyl halides is 1. The van der Waals surface area contributed by atoms with Crippen molar-refractivity contribution in [1.29, 1.82) is 0 Å². The first kappa shape index (κ1) is 24.1. The minimum Gasteiger partial charge on any atom is -0.389 e. The zero-order chi connectivity index (χ0) is 22.1. The first-order chi connectivity index (χ1) is 14.3. The van der Waals surface area contributed by atoms with Gasteiger partial charge in [-0.05, 0) is 24.3 Å². The highest BCUT2D eigenvalue weighted by molar-refractivity contribution is 9.09. The Bertz CT molecular complexity index is 716. The van der Waals surface area contributed by atoms with Gasteiger partial charge in [-0.25, -0.2) is 4.79 Å². The third-order valence-corrected chi connectivity index (χ3v) is 5.58. The van der Waals surface area contributed by atoms with Gasteiger partial charge in [0.05, 0.1) is 17.5 Å². The second-order valence-electron chi connectivity index (χ2n) is 7.78. The molecule has 0 spiro atoms. The number of hydrogen-bond donors (Lipinski definition) is 4. The van der Waals surface area contributed by atoms with Crippen LogP contribution in [0.3, 0.4) is 0 Å². The summed E-state index contributed by atoms with van der Waals surface area (Å²) in [6, 6.07) is 8.00. The summed E-state index contributed by atoms with van der Waals surface area (Å²) in [5.74, 6) is -0.658. The molecular weight excluding hydrogens is 452 g/mol. The molecule has 2 unspecified atom stereocenters. The topological polar surface area (TPSA) is 111 Å². The summed E-state index contributed by atoms with van der Waals surface area (Å²) >= 11 is 3.07. The highest BCUT2D eigenvalue weighted by atomic mass is 79.9. The van der Waals surface area contributed by atoms with Gasteiger partial charge >= 0.3 is 6.03 Å². The molecular formula is C21H31BrN4O4. The molecule has 1 saturated heterocycles. The zero-order valence-corrected chi connectivity index (χ0v) is 19.0. The van der Waals surface area contributed by atoms with Crippen molar-refractivity contribution in [2.45, 2.75) is 44.9 Å². The number of carbonyl (C=O) groups excluding carboxylic acids is 3. The number of carbonyl (C=O) groups is 3. The molecule has 0 aliphatic carbocycles. The lowest BCUT2D eigenvalue weighted by molar-refractivity contribution is -0.128. The molecule has 1 aromatic carbocycles. The summed E-state index contributed by atoms with van der Waals surface area (Å²) in [5, 5.41) is 19.2. The molecule has 2 rings (SSSR count). The highest BCUT2D eigenvalue weighted by Crippen LogP contribution is 2.16. The molecule has 1 aliphatic rings. The molecule has 4 N–H and O–H groups in total. The van der Waals surface area contributed by atoms with Gasteiger partial charge < -0.3 is 26.0 Å². The Hall–Kier alpha value is -2.13. The van der Waals surface area contributed by atoms with E-state index in [0.717, 1.165) is 12.0 Å². The van der Waals surface area contributed by atoms with Gasteiger partial charge in [-0.15, -0.1) is 0 Å². The lowest BCUT2D eigenvalue weighted by atomic mass is 9.97. The number of aliphatic hydroxyl groups is 1. The van der Waals surface area contributed by atoms with Crippen LogP contribution in [0.1, 0.15) is 25.8 Å². The van der Waals surface area contributed by atoms with E-state index in [1.807, 2.05) is 44.2 Å². The standard InChI is InChI=1S/C21H31BrN4O4/c1-14(2)19(26-10-6-9-23-21(26)30)20(29)25-16(11-15-7-4-3-5-8-15)17(27)13-24-18(28)12-22/h3-5,7-8,14,16-17,19,27H,6,9-13H2,1-2H3,(H,23,30)(H,24,28)(H,25,29)/t16?,17?,19-/m0/s1. The summed E-state index contributed by atoms with van der Waals surface area (Å²) in [6.45, 7) is 4.91. The zero-order valence-electron chi connectivity index (χ0n) is 17.4. The number of halogens is 1. The average molecular weight is 483 g/mol. The highest BCUT2D eigenvalue weighted by Gasteiger charge is 2.35. The van der Waals surface area contributed by atoms with E-state index in [0.29, 0.717) is 19.5 Å². The van der Waals surface area contributed by atoms with E-state index in [9.17, 15) is 19.5 Å². The van der Waals surface area contributed by atoms with Crippen molar-refractivity contribution in [1.82, 2.24) is 20.9 Å². The molecule has 0 aromatic heterocycles. The van der Waals surface area contributed by atoms with Gasteiger partial charge in [0, 0.05) is 19.6 Å². The number of nitrogens with one attached hydrogen (secondary N) is 3. The lowest BCUT2D eigenvalue weighted by Gasteiger charge is -2.37. The molecule has 1 fully saturated rings. The molecule has 1 aromatic rings. The van der Waals surface area contributed by atoms with Gasteiger partial charge in [0.15, 0.2) is 0 Å². The Morgan fingerprint density at radius 1 is 1.27 bits per heavy atom. The average Bonchev–Trinajstić information content (AvgIpc) is 2.73. The first-order valence-electron chi connectivity index (χ1n) is 10.2. The minimum absolute atomic E-state index is 0.0127. The largest absolute Gasteiger partial charge is 0.389 e. The molecule has 1 heterocycles. The normalized spacial score (nSPS) is 17.1. The molecule has 0 bridgehead atoms. The summed E-state index contributed by atoms with van der Waals surface area (Å²) in [7, 11) is 0. The summed E-state index contributed by atoms with van der Waals surface area (Å²) in [4.78, 5) is 38.6. The number of amides is 4. The molecule has 4 amide bonds. The fraction of sp³-hybridized carbons (Fsp3) is 0.571. The van der Waals surface area contributed by atoms with Crippen LogP contribution in [0.2, 0.25) is 0 Å². The molecule has 0 saturated carbocycles. The number of nitrogens with zero attached hydrogens (tertiary/aromatic N) is 1. The third-order valence-electron chi connectivity index (χ3n) is 5.07. The van der Waals surface area contributed by atoms with E-state index < -0.39 is 18.2 Å². The third kappa shape index (κ3) is 6.98. The Morgan fingerprint density at radius 3 is 2.57 bits per heavy atom. The van der Waals surface area contributed by atoms with E-state index in [1.165, 1.54) is 0 Å². The maximum Gasteiger partial charge on any atom is 0.318 e. The summed E-state index contributed by atoms with van der Waals surface area (Å²) in [5.41, 5.74) is 0.950. The van der Waals surface area contributed by atoms with Gasteiger partial charge in [0.25, 0.3) is 0 Å². The van der Waals surface area contributed by atoms with Crippen LogP contribution in [-0.2, 0) is 16.0 Å². The van der Waals surface area contributed by atoms with Crippen LogP contribution in [0.5, 0.6) is 0 Å². The number of hydrogen-bond acceptors (Lipinski definition) is 4. The van der Waals surface area contributed by atoms with Crippen molar-refractivity contribution in [3.63, 3.8) is 0 Å². The summed E-state index contributed by atoms with van der Waals surface area (Å²) < 4.78 is 0. The van der Waals surface area contributed by atoms with E-state index in [2.05, 4.69) is 31.9 Å². The quantitative estimate of drug-likeness (QED) is 0.373. The smallest absolute Gasteiger partial charge is 0.318 e. The minimum atomic E-state index is -0.986. The molecule has 166 valence electrons. The molecule has 3 atom stereocenters. The number of rotatable bonds is 10. The van der Waals surface area contributed by atoms with Crippen LogP contribution >= 0.6 is 15.9 Å². The van der Waals surface area contributed by atoms with Crippen LogP contribution in [0, 0.1) is 5.92 Å². The van der Waals surface area contributed by atoms with E-state index in [4.69, 9.17) is 0 Å². The van der Waals surface area contributed by atoms with Crippen molar-refractivity contribution < 1.29 is 19.5 Å². The number of benzene rings is 1. The maximum absolute atomic E-state index is 13.2. The van der Waals surface area contributed by atoms with Crippen molar-refractivity contribution >= 4 is 33.8 Å². The molecule has 9 heteroatoms. The number of aliphatic hydroxyl groups excluding tert-OH is 1. The van der Waals surface area contributed by atoms with Crippen molar-refractivity contribution in [3.05, 3.63) is 35.9 Å². The van der Waals surface area contributed by atoms with Gasteiger partial charge in [-0.2, -0.15) is 0 Å². The maximum atomic E-state index is 13.2. The van der Waals surface area contributed by atoms with Crippen LogP contribution in [0.4, 0.5) is 4.79 Å². The SMILES string of the molecule is CC(C)[C@@H](C(=O)NC(Cc1ccccc1)C(O)CNC(=O)CBr)N1CCCNC1=O. The van der Waals surface area contributed by atoms with Gasteiger partial charge in [0.1, 0.15) is 6.04 Å². The number of urea groups is 1. The van der Waals surface area contributed by atoms with Crippen LogP contribution < -0.4 is 16.0 Å². The monoisotopic (exact) mass is 482 g/mol. The Labute approximate surface area is 185 Å². The Morgan fingerprint density at radius 2 is 1.97 bits per heavy atom. The Kier molecular flexibility index (Phi) is 9.58. The van der Waals surface area contributed by atoms with Gasteiger partial charge in [0.2, 0.25) is 11.8 Å². The van der Waals surface area contributed by atoms with Crippen molar-refractivity contribution in [3.8, 4) is 0 Å².